The fourth-order valence-electron chi connectivity index (χ4n) is 3.26. The van der Waals surface area contributed by atoms with E-state index in [4.69, 9.17) is 18.9 Å². The number of methoxy groups -OCH3 is 1. The number of esters is 1. The Hall–Kier alpha value is -2.53. The average molecular weight is 370 g/mol. The van der Waals surface area contributed by atoms with E-state index in [1.165, 1.54) is 7.11 Å². The zero-order chi connectivity index (χ0) is 19.4. The Labute approximate surface area is 160 Å². The van der Waals surface area contributed by atoms with Gasteiger partial charge in [-0.3, -0.25) is 0 Å². The number of rotatable bonds is 7. The van der Waals surface area contributed by atoms with E-state index in [0.29, 0.717) is 25.4 Å². The first kappa shape index (κ1) is 19.2. The minimum Gasteiger partial charge on any atom is -0.491 e. The second kappa shape index (κ2) is 8.01. The molecule has 2 aromatic carbocycles. The summed E-state index contributed by atoms with van der Waals surface area (Å²) in [4.78, 5) is 12.1. The molecule has 3 rings (SSSR count). The number of hydrogen-bond acceptors (Lipinski definition) is 5. The van der Waals surface area contributed by atoms with Gasteiger partial charge in [0.25, 0.3) is 0 Å². The van der Waals surface area contributed by atoms with Crippen LogP contribution in [0.25, 0.3) is 11.1 Å². The molecule has 0 fully saturated rings. The summed E-state index contributed by atoms with van der Waals surface area (Å²) in [5.41, 5.74) is 3.11. The fraction of sp³-hybridized carbons (Fsp3) is 0.409. The van der Waals surface area contributed by atoms with Gasteiger partial charge in [0.15, 0.2) is 0 Å². The lowest BCUT2D eigenvalue weighted by Gasteiger charge is -2.18. The van der Waals surface area contributed by atoms with Crippen molar-refractivity contribution in [2.45, 2.75) is 32.8 Å². The van der Waals surface area contributed by atoms with E-state index in [0.717, 1.165) is 34.6 Å². The van der Waals surface area contributed by atoms with Gasteiger partial charge >= 0.3 is 5.97 Å². The number of benzene rings is 2. The van der Waals surface area contributed by atoms with Gasteiger partial charge in [-0.25, -0.2) is 4.79 Å². The van der Waals surface area contributed by atoms with Crippen LogP contribution in [0.5, 0.6) is 11.5 Å². The predicted octanol–water partition coefficient (Wildman–Crippen LogP) is 4.27. The van der Waals surface area contributed by atoms with Crippen LogP contribution in [0, 0.1) is 0 Å². The molecule has 0 N–H and O–H groups in total. The first-order valence-electron chi connectivity index (χ1n) is 9.19. The Morgan fingerprint density at radius 2 is 1.89 bits per heavy atom. The monoisotopic (exact) mass is 370 g/mol. The molecule has 0 spiro atoms. The fourth-order valence-corrected chi connectivity index (χ4v) is 3.26. The SMILES string of the molecule is CCOCCOc1ccc(-c2cc(C(=O)OC)cc3c2OC(C)(C)C3)cc1. The zero-order valence-corrected chi connectivity index (χ0v) is 16.3. The van der Waals surface area contributed by atoms with Crippen molar-refractivity contribution in [1.82, 2.24) is 0 Å². The summed E-state index contributed by atoms with van der Waals surface area (Å²) in [6.07, 6.45) is 0.749. The standard InChI is InChI=1S/C22H26O5/c1-5-25-10-11-26-18-8-6-15(7-9-18)19-13-16(21(23)24-4)12-17-14-22(2,3)27-20(17)19/h6-9,12-13H,5,10-11,14H2,1-4H3. The van der Waals surface area contributed by atoms with E-state index in [-0.39, 0.29) is 11.6 Å². The normalized spacial score (nSPS) is 14.4. The van der Waals surface area contributed by atoms with Gasteiger partial charge in [0, 0.05) is 18.6 Å². The molecule has 1 aliphatic heterocycles. The molecule has 0 aliphatic carbocycles. The lowest BCUT2D eigenvalue weighted by Crippen LogP contribution is -2.24. The predicted molar refractivity (Wildman–Crippen MR) is 104 cm³/mol. The third kappa shape index (κ3) is 4.42. The summed E-state index contributed by atoms with van der Waals surface area (Å²) < 4.78 is 22.0. The lowest BCUT2D eigenvalue weighted by molar-refractivity contribution is 0.0600. The van der Waals surface area contributed by atoms with E-state index in [2.05, 4.69) is 0 Å². The van der Waals surface area contributed by atoms with Crippen molar-refractivity contribution >= 4 is 5.97 Å². The lowest BCUT2D eigenvalue weighted by atomic mass is 9.95. The molecule has 0 atom stereocenters. The molecule has 0 unspecified atom stereocenters. The molecule has 5 nitrogen and oxygen atoms in total. The van der Waals surface area contributed by atoms with Crippen molar-refractivity contribution in [3.05, 3.63) is 47.5 Å². The molecular formula is C22H26O5. The summed E-state index contributed by atoms with van der Waals surface area (Å²) in [6.45, 7) is 7.81. The smallest absolute Gasteiger partial charge is 0.337 e. The molecule has 0 radical (unpaired) electrons. The number of carbonyl (C=O) groups is 1. The summed E-state index contributed by atoms with van der Waals surface area (Å²) in [5.74, 6) is 1.26. The number of hydrogen-bond donors (Lipinski definition) is 0. The number of fused-ring (bicyclic) bond motifs is 1. The van der Waals surface area contributed by atoms with Gasteiger partial charge in [0.05, 0.1) is 19.3 Å². The summed E-state index contributed by atoms with van der Waals surface area (Å²) in [6, 6.07) is 11.5. The number of carbonyl (C=O) groups excluding carboxylic acids is 1. The second-order valence-corrected chi connectivity index (χ2v) is 7.11. The van der Waals surface area contributed by atoms with E-state index in [1.54, 1.807) is 0 Å². The van der Waals surface area contributed by atoms with Crippen LogP contribution in [-0.2, 0) is 15.9 Å². The van der Waals surface area contributed by atoms with Crippen LogP contribution < -0.4 is 9.47 Å². The summed E-state index contributed by atoms with van der Waals surface area (Å²) in [5, 5.41) is 0. The van der Waals surface area contributed by atoms with Gasteiger partial charge in [0.1, 0.15) is 23.7 Å². The van der Waals surface area contributed by atoms with E-state index in [1.807, 2.05) is 57.2 Å². The third-order valence-corrected chi connectivity index (χ3v) is 4.45. The summed E-state index contributed by atoms with van der Waals surface area (Å²) in [7, 11) is 1.39. The van der Waals surface area contributed by atoms with Crippen LogP contribution in [0.4, 0.5) is 0 Å². The molecular weight excluding hydrogens is 344 g/mol. The molecule has 1 aliphatic rings. The minimum absolute atomic E-state index is 0.297. The van der Waals surface area contributed by atoms with Crippen molar-refractivity contribution in [3.8, 4) is 22.6 Å². The Bertz CT molecular complexity index is 808. The van der Waals surface area contributed by atoms with E-state index in [9.17, 15) is 4.79 Å². The van der Waals surface area contributed by atoms with Crippen molar-refractivity contribution in [1.29, 1.82) is 0 Å². The highest BCUT2D eigenvalue weighted by molar-refractivity contribution is 5.93. The zero-order valence-electron chi connectivity index (χ0n) is 16.3. The Kier molecular flexibility index (Phi) is 5.71. The van der Waals surface area contributed by atoms with Crippen LogP contribution in [0.1, 0.15) is 36.7 Å². The Morgan fingerprint density at radius 3 is 2.56 bits per heavy atom. The topological polar surface area (TPSA) is 54.0 Å². The highest BCUT2D eigenvalue weighted by Crippen LogP contribution is 2.43. The van der Waals surface area contributed by atoms with Crippen molar-refractivity contribution < 1.29 is 23.7 Å². The molecule has 27 heavy (non-hydrogen) atoms. The van der Waals surface area contributed by atoms with Gasteiger partial charge < -0.3 is 18.9 Å². The first-order valence-corrected chi connectivity index (χ1v) is 9.19. The van der Waals surface area contributed by atoms with Crippen LogP contribution >= 0.6 is 0 Å². The molecule has 144 valence electrons. The Balaban J connectivity index is 1.89. The van der Waals surface area contributed by atoms with Crippen LogP contribution in [0.2, 0.25) is 0 Å². The second-order valence-electron chi connectivity index (χ2n) is 7.11. The van der Waals surface area contributed by atoms with E-state index >= 15 is 0 Å². The maximum Gasteiger partial charge on any atom is 0.337 e. The molecule has 2 aromatic rings. The van der Waals surface area contributed by atoms with Crippen LogP contribution in [0.15, 0.2) is 36.4 Å². The van der Waals surface area contributed by atoms with Crippen molar-refractivity contribution in [2.24, 2.45) is 0 Å². The molecule has 0 saturated heterocycles. The van der Waals surface area contributed by atoms with Crippen molar-refractivity contribution in [3.63, 3.8) is 0 Å². The highest BCUT2D eigenvalue weighted by atomic mass is 16.5. The van der Waals surface area contributed by atoms with Gasteiger partial charge in [0.2, 0.25) is 0 Å². The molecule has 0 amide bonds. The molecule has 5 heteroatoms. The average Bonchev–Trinajstić information content (AvgIpc) is 2.98. The molecule has 0 aromatic heterocycles. The van der Waals surface area contributed by atoms with Crippen LogP contribution in [0.3, 0.4) is 0 Å². The largest absolute Gasteiger partial charge is 0.491 e. The summed E-state index contributed by atoms with van der Waals surface area (Å²) >= 11 is 0. The van der Waals surface area contributed by atoms with Gasteiger partial charge in [-0.1, -0.05) is 12.1 Å². The quantitative estimate of drug-likeness (QED) is 0.538. The van der Waals surface area contributed by atoms with E-state index < -0.39 is 0 Å². The van der Waals surface area contributed by atoms with Gasteiger partial charge in [-0.15, -0.1) is 0 Å². The maximum absolute atomic E-state index is 12.1. The van der Waals surface area contributed by atoms with Gasteiger partial charge in [-0.2, -0.15) is 0 Å². The van der Waals surface area contributed by atoms with Crippen LogP contribution in [-0.4, -0.2) is 38.5 Å². The van der Waals surface area contributed by atoms with Crippen molar-refractivity contribution in [2.75, 3.05) is 26.9 Å². The molecule has 0 bridgehead atoms. The first-order chi connectivity index (χ1) is 12.9. The van der Waals surface area contributed by atoms with Gasteiger partial charge in [-0.05, 0) is 56.2 Å². The maximum atomic E-state index is 12.1. The highest BCUT2D eigenvalue weighted by Gasteiger charge is 2.33. The molecule has 1 heterocycles. The minimum atomic E-state index is -0.348. The number of ether oxygens (including phenoxy) is 4. The third-order valence-electron chi connectivity index (χ3n) is 4.45. The Morgan fingerprint density at radius 1 is 1.15 bits per heavy atom. The molecule has 0 saturated carbocycles.